The third-order valence-electron chi connectivity index (χ3n) is 2.20. The van der Waals surface area contributed by atoms with Gasteiger partial charge >= 0.3 is 16.3 Å². The monoisotopic (exact) mass is 333 g/mol. The zero-order chi connectivity index (χ0) is 16.6. The number of nitrogens with one attached hydrogen (secondary N) is 1. The summed E-state index contributed by atoms with van der Waals surface area (Å²) in [6.45, 7) is 4.82. The van der Waals surface area contributed by atoms with Gasteiger partial charge in [0.1, 0.15) is 10.5 Å². The standard InChI is InChI=1S/C12H16F5NO2S/c1-12(2,3)20-11(19)18-8-9-4-6-10(7-5-9)21(13,14,15,16)17/h4-7H,8H2,1-3H3,(H,18,19). The molecule has 3 nitrogen and oxygen atoms in total. The zero-order valence-corrected chi connectivity index (χ0v) is 12.4. The summed E-state index contributed by atoms with van der Waals surface area (Å²) in [6.07, 6.45) is -0.751. The molecule has 1 amide bonds. The molecule has 1 aromatic carbocycles. The average molecular weight is 333 g/mol. The van der Waals surface area contributed by atoms with Crippen LogP contribution in [0.1, 0.15) is 26.3 Å². The van der Waals surface area contributed by atoms with E-state index in [-0.39, 0.29) is 12.1 Å². The zero-order valence-electron chi connectivity index (χ0n) is 11.6. The third-order valence-corrected chi connectivity index (χ3v) is 3.37. The number of hydrogen-bond acceptors (Lipinski definition) is 2. The second kappa shape index (κ2) is 4.49. The topological polar surface area (TPSA) is 38.3 Å². The fourth-order valence-corrected chi connectivity index (χ4v) is 2.00. The molecule has 0 atom stereocenters. The molecule has 0 aliphatic rings. The summed E-state index contributed by atoms with van der Waals surface area (Å²) in [5.41, 5.74) is -0.470. The van der Waals surface area contributed by atoms with Crippen LogP contribution < -0.4 is 5.32 Å². The lowest BCUT2D eigenvalue weighted by molar-refractivity contribution is 0.0523. The first-order chi connectivity index (χ1) is 9.07. The molecule has 122 valence electrons. The number of benzene rings is 1. The van der Waals surface area contributed by atoms with Gasteiger partial charge in [-0.3, -0.25) is 0 Å². The van der Waals surface area contributed by atoms with Gasteiger partial charge in [0.05, 0.1) is 0 Å². The summed E-state index contributed by atoms with van der Waals surface area (Å²) in [6, 6.07) is 2.36. The van der Waals surface area contributed by atoms with E-state index in [0.29, 0.717) is 12.1 Å². The Morgan fingerprint density at radius 1 is 1.10 bits per heavy atom. The first-order valence-corrected chi connectivity index (χ1v) is 7.82. The number of alkyl carbamates (subject to hydrolysis) is 1. The van der Waals surface area contributed by atoms with Crippen LogP contribution in [0.5, 0.6) is 0 Å². The molecule has 0 aliphatic heterocycles. The van der Waals surface area contributed by atoms with Crippen LogP contribution in [0.15, 0.2) is 29.2 Å². The minimum Gasteiger partial charge on any atom is -0.444 e. The summed E-state index contributed by atoms with van der Waals surface area (Å²) in [7, 11) is -9.65. The third kappa shape index (κ3) is 6.19. The van der Waals surface area contributed by atoms with E-state index in [1.165, 1.54) is 0 Å². The molecule has 0 saturated heterocycles. The Bertz CT molecular complexity index is 533. The van der Waals surface area contributed by atoms with Crippen molar-refractivity contribution in [2.45, 2.75) is 37.8 Å². The maximum atomic E-state index is 12.5. The Hall–Kier alpha value is -1.51. The Balaban J connectivity index is 2.72. The van der Waals surface area contributed by atoms with Gasteiger partial charge in [0, 0.05) is 6.54 Å². The molecule has 0 bridgehead atoms. The van der Waals surface area contributed by atoms with Crippen molar-refractivity contribution in [2.24, 2.45) is 0 Å². The van der Waals surface area contributed by atoms with Crippen LogP contribution in [-0.2, 0) is 11.3 Å². The van der Waals surface area contributed by atoms with Crippen LogP contribution in [0.3, 0.4) is 0 Å². The van der Waals surface area contributed by atoms with E-state index in [1.54, 1.807) is 20.8 Å². The highest BCUT2D eigenvalue weighted by Crippen LogP contribution is 3.02. The van der Waals surface area contributed by atoms with Gasteiger partial charge in [-0.05, 0) is 38.5 Å². The molecule has 9 heteroatoms. The quantitative estimate of drug-likeness (QED) is 0.755. The fraction of sp³-hybridized carbons (Fsp3) is 0.417. The van der Waals surface area contributed by atoms with E-state index in [2.05, 4.69) is 5.32 Å². The van der Waals surface area contributed by atoms with Gasteiger partial charge < -0.3 is 10.1 Å². The Labute approximate surface area is 119 Å². The van der Waals surface area contributed by atoms with E-state index in [1.807, 2.05) is 0 Å². The van der Waals surface area contributed by atoms with Crippen LogP contribution in [0.25, 0.3) is 0 Å². The summed E-state index contributed by atoms with van der Waals surface area (Å²) in [4.78, 5) is 9.37. The molecule has 0 aromatic heterocycles. The largest absolute Gasteiger partial charge is 0.444 e. The van der Waals surface area contributed by atoms with Gasteiger partial charge in [-0.2, -0.15) is 0 Å². The van der Waals surface area contributed by atoms with E-state index in [9.17, 15) is 24.2 Å². The van der Waals surface area contributed by atoms with Gasteiger partial charge in [0.15, 0.2) is 0 Å². The smallest absolute Gasteiger partial charge is 0.407 e. The normalized spacial score (nSPS) is 15.8. The molecule has 0 unspecified atom stereocenters. The lowest BCUT2D eigenvalue weighted by atomic mass is 10.2. The van der Waals surface area contributed by atoms with Crippen molar-refractivity contribution >= 4 is 16.3 Å². The molecule has 1 N–H and O–H groups in total. The second-order valence-corrected chi connectivity index (χ2v) is 7.88. The minimum absolute atomic E-state index is 0.129. The van der Waals surface area contributed by atoms with E-state index in [4.69, 9.17) is 4.74 Å². The Kier molecular flexibility index (Phi) is 3.75. The number of hydrogen-bond donors (Lipinski definition) is 1. The van der Waals surface area contributed by atoms with Crippen LogP contribution in [0.2, 0.25) is 0 Å². The maximum Gasteiger partial charge on any atom is 0.407 e. The highest BCUT2D eigenvalue weighted by Gasteiger charge is 2.65. The first-order valence-electron chi connectivity index (χ1n) is 5.87. The average Bonchev–Trinajstić information content (AvgIpc) is 2.21. The van der Waals surface area contributed by atoms with E-state index < -0.39 is 26.8 Å². The molecule has 0 aliphatic carbocycles. The predicted octanol–water partition coefficient (Wildman–Crippen LogP) is 5.37. The van der Waals surface area contributed by atoms with Crippen molar-refractivity contribution in [1.82, 2.24) is 5.32 Å². The predicted molar refractivity (Wildman–Crippen MR) is 70.9 cm³/mol. The van der Waals surface area contributed by atoms with Crippen LogP contribution >= 0.6 is 10.2 Å². The van der Waals surface area contributed by atoms with Crippen molar-refractivity contribution in [1.29, 1.82) is 0 Å². The van der Waals surface area contributed by atoms with Crippen LogP contribution in [-0.4, -0.2) is 11.7 Å². The van der Waals surface area contributed by atoms with Crippen molar-refractivity contribution in [3.05, 3.63) is 29.8 Å². The highest BCUT2D eigenvalue weighted by molar-refractivity contribution is 8.45. The minimum atomic E-state index is -9.65. The molecule has 0 spiro atoms. The van der Waals surface area contributed by atoms with Gasteiger partial charge in [-0.1, -0.05) is 31.6 Å². The number of rotatable bonds is 3. The number of ether oxygens (including phenoxy) is 1. The molecule has 1 rings (SSSR count). The summed E-state index contributed by atoms with van der Waals surface area (Å²) >= 11 is 0. The van der Waals surface area contributed by atoms with Crippen LogP contribution in [0, 0.1) is 0 Å². The van der Waals surface area contributed by atoms with E-state index >= 15 is 0 Å². The Morgan fingerprint density at radius 3 is 1.95 bits per heavy atom. The maximum absolute atomic E-state index is 12.5. The molecular formula is C12H16F5NO2S. The first kappa shape index (κ1) is 17.5. The molecule has 0 saturated carbocycles. The van der Waals surface area contributed by atoms with E-state index in [0.717, 1.165) is 12.1 Å². The molecule has 21 heavy (non-hydrogen) atoms. The summed E-state index contributed by atoms with van der Waals surface area (Å²) in [5.74, 6) is 0. The van der Waals surface area contributed by atoms with Crippen LogP contribution in [0.4, 0.5) is 24.2 Å². The lowest BCUT2D eigenvalue weighted by Crippen LogP contribution is -2.32. The Morgan fingerprint density at radius 2 is 1.57 bits per heavy atom. The van der Waals surface area contributed by atoms with Crippen molar-refractivity contribution in [3.8, 4) is 0 Å². The van der Waals surface area contributed by atoms with Gasteiger partial charge in [0.2, 0.25) is 0 Å². The summed E-state index contributed by atoms with van der Waals surface area (Å²) < 4.78 is 67.4. The molecular weight excluding hydrogens is 317 g/mol. The highest BCUT2D eigenvalue weighted by atomic mass is 32.5. The van der Waals surface area contributed by atoms with Gasteiger partial charge in [-0.25, -0.2) is 4.79 Å². The number of carbonyl (C=O) groups excluding carboxylic acids is 1. The van der Waals surface area contributed by atoms with Crippen molar-refractivity contribution < 1.29 is 29.0 Å². The summed E-state index contributed by atoms with van der Waals surface area (Å²) in [5, 5.41) is 2.31. The lowest BCUT2D eigenvalue weighted by Gasteiger charge is -2.40. The SMILES string of the molecule is CC(C)(C)OC(=O)NCc1ccc(S(F)(F)(F)(F)F)cc1. The molecule has 0 radical (unpaired) electrons. The second-order valence-electron chi connectivity index (χ2n) is 5.47. The van der Waals surface area contributed by atoms with Crippen molar-refractivity contribution in [3.63, 3.8) is 0 Å². The molecule has 0 fully saturated rings. The van der Waals surface area contributed by atoms with Gasteiger partial charge in [0.25, 0.3) is 0 Å². The molecule has 1 aromatic rings. The van der Waals surface area contributed by atoms with Crippen molar-refractivity contribution in [2.75, 3.05) is 0 Å². The number of halogens is 5. The fourth-order valence-electron chi connectivity index (χ4n) is 1.35. The molecule has 0 heterocycles. The number of carbonyl (C=O) groups is 1. The van der Waals surface area contributed by atoms with Gasteiger partial charge in [-0.15, -0.1) is 0 Å². The number of amides is 1.